The lowest BCUT2D eigenvalue weighted by Gasteiger charge is -2.17. The van der Waals surface area contributed by atoms with Crippen molar-refractivity contribution in [1.82, 2.24) is 0 Å². The van der Waals surface area contributed by atoms with Crippen LogP contribution >= 0.6 is 7.82 Å². The fraction of sp³-hybridized carbons (Fsp3) is 0.963. The summed E-state index contributed by atoms with van der Waals surface area (Å²) in [7, 11) is -4.31. The molecule has 0 fully saturated rings. The maximum atomic E-state index is 12.7. The molecule has 1 unspecified atom stereocenters. The fourth-order valence-corrected chi connectivity index (χ4v) is 4.77. The van der Waals surface area contributed by atoms with Gasteiger partial charge in [-0.2, -0.15) is 0 Å². The molecule has 0 aliphatic heterocycles. The Morgan fingerprint density at radius 1 is 0.611 bits per heavy atom. The summed E-state index contributed by atoms with van der Waals surface area (Å²) in [6.07, 6.45) is 22.2. The van der Waals surface area contributed by atoms with Crippen molar-refractivity contribution in [2.75, 3.05) is 13.2 Å². The second-order valence-corrected chi connectivity index (χ2v) is 11.1. The van der Waals surface area contributed by atoms with Gasteiger partial charge in [0.1, 0.15) is 0 Å². The number of carboxylic acids is 1. The van der Waals surface area contributed by atoms with Crippen LogP contribution in [0, 0.1) is 0 Å². The Balaban J connectivity index is 3.94. The first-order chi connectivity index (χ1) is 17.4. The van der Waals surface area contributed by atoms with Gasteiger partial charge in [0.25, 0.3) is 0 Å². The highest BCUT2D eigenvalue weighted by atomic mass is 31.2. The molecule has 0 heterocycles. The van der Waals surface area contributed by atoms with E-state index >= 15 is 0 Å². The molecule has 1 atom stereocenters. The Morgan fingerprint density at radius 2 is 0.917 bits per heavy atom. The number of hydrogen-bond acceptors (Lipinski definition) is 7. The highest BCUT2D eigenvalue weighted by Gasteiger charge is 2.35. The standard InChI is InChI=1S/C27H55O8P/c1-4-6-8-10-12-14-16-18-20-22-24-31-34-36(30,33-26(3)27(28)29)35-32-25-23-21-19-17-15-13-11-9-7-5-2/h26H,4-25H2,1-3H3,(H,28,29). The average Bonchev–Trinajstić information content (AvgIpc) is 2.85. The first-order valence-electron chi connectivity index (χ1n) is 14.6. The molecular weight excluding hydrogens is 483 g/mol. The Hall–Kier alpha value is -0.500. The van der Waals surface area contributed by atoms with Crippen molar-refractivity contribution in [3.05, 3.63) is 0 Å². The largest absolute Gasteiger partial charge is 0.530 e. The number of carbonyl (C=O) groups is 1. The topological polar surface area (TPSA) is 101 Å². The molecule has 0 aromatic rings. The average molecular weight is 539 g/mol. The molecule has 216 valence electrons. The van der Waals surface area contributed by atoms with Gasteiger partial charge in [0.15, 0.2) is 6.10 Å². The van der Waals surface area contributed by atoms with Crippen molar-refractivity contribution in [2.45, 2.75) is 155 Å². The molecule has 0 aromatic carbocycles. The van der Waals surface area contributed by atoms with E-state index in [0.29, 0.717) is 0 Å². The van der Waals surface area contributed by atoms with Gasteiger partial charge in [0, 0.05) is 0 Å². The smallest absolute Gasteiger partial charge is 0.479 e. The van der Waals surface area contributed by atoms with E-state index in [9.17, 15) is 9.36 Å². The van der Waals surface area contributed by atoms with Gasteiger partial charge in [-0.25, -0.2) is 19.1 Å². The molecule has 0 amide bonds. The number of phosphoric acid groups is 1. The highest BCUT2D eigenvalue weighted by molar-refractivity contribution is 7.48. The van der Waals surface area contributed by atoms with Crippen LogP contribution in [-0.2, 0) is 33.0 Å². The van der Waals surface area contributed by atoms with E-state index in [1.807, 2.05) is 0 Å². The summed E-state index contributed by atoms with van der Waals surface area (Å²) in [6.45, 7) is 6.12. The quantitative estimate of drug-likeness (QED) is 0.0435. The monoisotopic (exact) mass is 538 g/mol. The fourth-order valence-electron chi connectivity index (χ4n) is 3.79. The van der Waals surface area contributed by atoms with Gasteiger partial charge in [0.2, 0.25) is 0 Å². The third-order valence-corrected chi connectivity index (χ3v) is 7.24. The summed E-state index contributed by atoms with van der Waals surface area (Å²) < 4.78 is 27.4. The van der Waals surface area contributed by atoms with E-state index in [1.165, 1.54) is 96.8 Å². The number of carboxylic acid groups (broad SMARTS) is 1. The SMILES string of the molecule is CCCCCCCCCCCCOOP(=O)(OOCCCCCCCCCCCC)OC(C)C(=O)O. The summed E-state index contributed by atoms with van der Waals surface area (Å²) in [4.78, 5) is 21.1. The lowest BCUT2D eigenvalue weighted by molar-refractivity contribution is -0.284. The van der Waals surface area contributed by atoms with Crippen LogP contribution in [0.2, 0.25) is 0 Å². The third kappa shape index (κ3) is 23.9. The van der Waals surface area contributed by atoms with E-state index in [2.05, 4.69) is 13.8 Å². The maximum Gasteiger partial charge on any atom is 0.530 e. The molecule has 1 N–H and O–H groups in total. The van der Waals surface area contributed by atoms with Crippen molar-refractivity contribution < 1.29 is 38.1 Å². The van der Waals surface area contributed by atoms with Crippen LogP contribution < -0.4 is 0 Å². The third-order valence-electron chi connectivity index (χ3n) is 6.09. The van der Waals surface area contributed by atoms with Crippen LogP contribution in [0.5, 0.6) is 0 Å². The van der Waals surface area contributed by atoms with Crippen LogP contribution in [-0.4, -0.2) is 30.4 Å². The predicted octanol–water partition coefficient (Wildman–Crippen LogP) is 9.32. The van der Waals surface area contributed by atoms with Gasteiger partial charge >= 0.3 is 13.8 Å². The van der Waals surface area contributed by atoms with E-state index in [4.69, 9.17) is 28.8 Å². The summed E-state index contributed by atoms with van der Waals surface area (Å²) in [6, 6.07) is 0. The first kappa shape index (κ1) is 35.5. The van der Waals surface area contributed by atoms with Gasteiger partial charge in [-0.1, -0.05) is 129 Å². The van der Waals surface area contributed by atoms with Crippen LogP contribution in [0.1, 0.15) is 149 Å². The van der Waals surface area contributed by atoms with Crippen molar-refractivity contribution in [3.8, 4) is 0 Å². The van der Waals surface area contributed by atoms with E-state index < -0.39 is 19.9 Å². The van der Waals surface area contributed by atoms with Gasteiger partial charge in [-0.3, -0.25) is 4.52 Å². The van der Waals surface area contributed by atoms with Gasteiger partial charge in [-0.15, -0.1) is 9.35 Å². The molecule has 0 radical (unpaired) electrons. The molecule has 0 aliphatic carbocycles. The first-order valence-corrected chi connectivity index (χ1v) is 16.0. The molecule has 8 nitrogen and oxygen atoms in total. The Bertz CT molecular complexity index is 500. The molecule has 0 aromatic heterocycles. The number of rotatable bonds is 29. The lowest BCUT2D eigenvalue weighted by atomic mass is 10.1. The number of aliphatic carboxylic acids is 1. The Kier molecular flexibility index (Phi) is 25.8. The van der Waals surface area contributed by atoms with E-state index in [0.717, 1.165) is 38.5 Å². The minimum atomic E-state index is -4.31. The maximum absolute atomic E-state index is 12.7. The number of hydrogen-bond donors (Lipinski definition) is 1. The molecule has 0 saturated carbocycles. The normalized spacial score (nSPS) is 12.8. The highest BCUT2D eigenvalue weighted by Crippen LogP contribution is 2.51. The molecule has 0 aliphatic rings. The minimum absolute atomic E-state index is 0.215. The van der Waals surface area contributed by atoms with Gasteiger partial charge < -0.3 is 5.11 Å². The van der Waals surface area contributed by atoms with E-state index in [1.54, 1.807) is 0 Å². The molecule has 36 heavy (non-hydrogen) atoms. The van der Waals surface area contributed by atoms with Crippen molar-refractivity contribution in [1.29, 1.82) is 0 Å². The zero-order chi connectivity index (χ0) is 26.7. The molecule has 0 saturated heterocycles. The zero-order valence-electron chi connectivity index (χ0n) is 23.4. The summed E-state index contributed by atoms with van der Waals surface area (Å²) in [5.74, 6) is -1.29. The Morgan fingerprint density at radius 3 is 1.22 bits per heavy atom. The second-order valence-electron chi connectivity index (χ2n) is 9.69. The minimum Gasteiger partial charge on any atom is -0.479 e. The summed E-state index contributed by atoms with van der Waals surface area (Å²) in [5, 5.41) is 9.05. The van der Waals surface area contributed by atoms with Crippen LogP contribution in [0.25, 0.3) is 0 Å². The second kappa shape index (κ2) is 26.1. The van der Waals surface area contributed by atoms with Crippen molar-refractivity contribution >= 4 is 13.8 Å². The number of unbranched alkanes of at least 4 members (excludes halogenated alkanes) is 18. The zero-order valence-corrected chi connectivity index (χ0v) is 24.3. The van der Waals surface area contributed by atoms with Gasteiger partial charge in [0.05, 0.1) is 13.2 Å². The molecular formula is C27H55O8P. The van der Waals surface area contributed by atoms with Crippen molar-refractivity contribution in [3.63, 3.8) is 0 Å². The molecule has 0 rings (SSSR count). The van der Waals surface area contributed by atoms with Gasteiger partial charge in [-0.05, 0) is 19.8 Å². The van der Waals surface area contributed by atoms with Crippen LogP contribution in [0.15, 0.2) is 0 Å². The lowest BCUT2D eigenvalue weighted by Crippen LogP contribution is -2.20. The molecule has 0 bridgehead atoms. The Labute approximate surface area is 220 Å². The molecule has 0 spiro atoms. The van der Waals surface area contributed by atoms with Crippen molar-refractivity contribution in [2.24, 2.45) is 0 Å². The summed E-state index contributed by atoms with van der Waals surface area (Å²) >= 11 is 0. The predicted molar refractivity (Wildman–Crippen MR) is 144 cm³/mol. The van der Waals surface area contributed by atoms with Crippen LogP contribution in [0.3, 0.4) is 0 Å². The molecule has 9 heteroatoms. The summed E-state index contributed by atoms with van der Waals surface area (Å²) in [5.41, 5.74) is 0. The van der Waals surface area contributed by atoms with Crippen LogP contribution in [0.4, 0.5) is 0 Å². The van der Waals surface area contributed by atoms with E-state index in [-0.39, 0.29) is 13.2 Å².